The van der Waals surface area contributed by atoms with E-state index in [1.54, 1.807) is 11.8 Å². The number of benzene rings is 1. The molecule has 4 heteroatoms. The van der Waals surface area contributed by atoms with E-state index in [2.05, 4.69) is 19.2 Å². The minimum absolute atomic E-state index is 0.201. The van der Waals surface area contributed by atoms with Crippen molar-refractivity contribution in [3.63, 3.8) is 0 Å². The smallest absolute Gasteiger partial charge is 0.130 e. The van der Waals surface area contributed by atoms with E-state index in [0.717, 1.165) is 16.5 Å². The van der Waals surface area contributed by atoms with Gasteiger partial charge in [0.05, 0.1) is 11.8 Å². The zero-order valence-electron chi connectivity index (χ0n) is 12.7. The van der Waals surface area contributed by atoms with Gasteiger partial charge in [-0.15, -0.1) is 11.8 Å². The molecule has 0 saturated heterocycles. The van der Waals surface area contributed by atoms with E-state index in [1.165, 1.54) is 19.3 Å². The summed E-state index contributed by atoms with van der Waals surface area (Å²) in [5.41, 5.74) is 1.01. The van der Waals surface area contributed by atoms with Gasteiger partial charge < -0.3 is 0 Å². The van der Waals surface area contributed by atoms with Crippen LogP contribution in [0.1, 0.15) is 39.0 Å². The standard InChI is InChI=1S/C17H22N2S2/c1-3-17(12-7-8-14(17)11-13-18)21-16(20-2)19-15-9-5-4-6-10-15/h4-6,9-10,14H,3,7-8,11-12H2,1-2H3. The van der Waals surface area contributed by atoms with Gasteiger partial charge in [0.2, 0.25) is 0 Å². The highest BCUT2D eigenvalue weighted by atomic mass is 32.2. The third-order valence-electron chi connectivity index (χ3n) is 4.27. The molecule has 0 N–H and O–H groups in total. The van der Waals surface area contributed by atoms with E-state index >= 15 is 0 Å². The van der Waals surface area contributed by atoms with Crippen LogP contribution in [0.3, 0.4) is 0 Å². The third kappa shape index (κ3) is 4.05. The Balaban J connectivity index is 2.19. The van der Waals surface area contributed by atoms with Crippen molar-refractivity contribution in [1.29, 1.82) is 5.26 Å². The Kier molecular flexibility index (Phi) is 6.20. The molecule has 1 aromatic carbocycles. The second-order valence-electron chi connectivity index (χ2n) is 5.39. The van der Waals surface area contributed by atoms with Gasteiger partial charge in [-0.05, 0) is 43.6 Å². The summed E-state index contributed by atoms with van der Waals surface area (Å²) < 4.78 is 1.32. The van der Waals surface area contributed by atoms with Crippen molar-refractivity contribution in [2.75, 3.05) is 6.26 Å². The molecule has 1 aliphatic rings. The molecular weight excluding hydrogens is 296 g/mol. The van der Waals surface area contributed by atoms with Gasteiger partial charge >= 0.3 is 0 Å². The molecular formula is C17H22N2S2. The zero-order chi connectivity index (χ0) is 15.1. The summed E-state index contributed by atoms with van der Waals surface area (Å²) in [7, 11) is 0. The molecule has 0 amide bonds. The molecule has 2 rings (SSSR count). The molecule has 2 nitrogen and oxygen atoms in total. The highest BCUT2D eigenvalue weighted by Gasteiger charge is 2.42. The Labute approximate surface area is 136 Å². The number of nitrogens with zero attached hydrogens (tertiary/aromatic N) is 2. The average Bonchev–Trinajstić information content (AvgIpc) is 2.91. The SMILES string of the molecule is CCC1(SC(=Nc2ccccc2)SC)CCCC1CC#N. The first kappa shape index (κ1) is 16.5. The first-order valence-electron chi connectivity index (χ1n) is 7.48. The van der Waals surface area contributed by atoms with Crippen LogP contribution in [0.25, 0.3) is 0 Å². The van der Waals surface area contributed by atoms with E-state index < -0.39 is 0 Å². The van der Waals surface area contributed by atoms with Crippen LogP contribution in [0, 0.1) is 17.2 Å². The molecule has 0 radical (unpaired) electrons. The first-order valence-corrected chi connectivity index (χ1v) is 9.52. The lowest BCUT2D eigenvalue weighted by molar-refractivity contribution is 0.430. The molecule has 2 unspecified atom stereocenters. The van der Waals surface area contributed by atoms with E-state index in [-0.39, 0.29) is 4.75 Å². The second kappa shape index (κ2) is 7.91. The number of nitriles is 1. The Morgan fingerprint density at radius 1 is 1.43 bits per heavy atom. The van der Waals surface area contributed by atoms with Gasteiger partial charge in [-0.3, -0.25) is 0 Å². The predicted molar refractivity (Wildman–Crippen MR) is 95.2 cm³/mol. The monoisotopic (exact) mass is 318 g/mol. The van der Waals surface area contributed by atoms with Gasteiger partial charge in [0.15, 0.2) is 0 Å². The number of para-hydroxylation sites is 1. The van der Waals surface area contributed by atoms with Crippen LogP contribution in [0.2, 0.25) is 0 Å². The van der Waals surface area contributed by atoms with Gasteiger partial charge in [0, 0.05) is 11.2 Å². The number of hydrogen-bond donors (Lipinski definition) is 0. The lowest BCUT2D eigenvalue weighted by Crippen LogP contribution is -2.29. The summed E-state index contributed by atoms with van der Waals surface area (Å²) in [5, 5.41) is 9.09. The van der Waals surface area contributed by atoms with Crippen LogP contribution < -0.4 is 0 Å². The molecule has 0 heterocycles. The summed E-state index contributed by atoms with van der Waals surface area (Å²) >= 11 is 3.62. The maximum atomic E-state index is 9.09. The molecule has 0 aliphatic heterocycles. The van der Waals surface area contributed by atoms with Gasteiger partial charge in [0.1, 0.15) is 4.38 Å². The maximum absolute atomic E-state index is 9.09. The predicted octanol–water partition coefficient (Wildman–Crippen LogP) is 5.63. The fourth-order valence-electron chi connectivity index (χ4n) is 3.08. The summed E-state index contributed by atoms with van der Waals surface area (Å²) in [4.78, 5) is 4.79. The highest BCUT2D eigenvalue weighted by molar-refractivity contribution is 8.39. The third-order valence-corrected chi connectivity index (χ3v) is 6.96. The highest BCUT2D eigenvalue weighted by Crippen LogP contribution is 2.51. The van der Waals surface area contributed by atoms with Crippen LogP contribution in [-0.2, 0) is 0 Å². The van der Waals surface area contributed by atoms with E-state index in [9.17, 15) is 0 Å². The van der Waals surface area contributed by atoms with Crippen LogP contribution in [-0.4, -0.2) is 15.4 Å². The fourth-order valence-corrected chi connectivity index (χ4v) is 5.36. The van der Waals surface area contributed by atoms with Crippen molar-refractivity contribution in [2.45, 2.75) is 43.8 Å². The molecule has 2 atom stereocenters. The lowest BCUT2D eigenvalue weighted by atomic mass is 9.90. The molecule has 21 heavy (non-hydrogen) atoms. The molecule has 112 valence electrons. The zero-order valence-corrected chi connectivity index (χ0v) is 14.3. The maximum Gasteiger partial charge on any atom is 0.130 e. The van der Waals surface area contributed by atoms with Gasteiger partial charge in [-0.1, -0.05) is 43.3 Å². The molecule has 1 fully saturated rings. The summed E-state index contributed by atoms with van der Waals surface area (Å²) in [5.74, 6) is 0.505. The van der Waals surface area contributed by atoms with Crippen molar-refractivity contribution in [2.24, 2.45) is 10.9 Å². The Bertz CT molecular complexity index is 521. The summed E-state index contributed by atoms with van der Waals surface area (Å²) in [6, 6.07) is 12.5. The molecule has 0 spiro atoms. The van der Waals surface area contributed by atoms with Crippen LogP contribution >= 0.6 is 23.5 Å². The Morgan fingerprint density at radius 2 is 2.19 bits per heavy atom. The van der Waals surface area contributed by atoms with Crippen molar-refractivity contribution in [1.82, 2.24) is 0 Å². The average molecular weight is 319 g/mol. The Morgan fingerprint density at radius 3 is 2.81 bits per heavy atom. The number of hydrogen-bond acceptors (Lipinski definition) is 4. The van der Waals surface area contributed by atoms with Crippen LogP contribution in [0.15, 0.2) is 35.3 Å². The minimum atomic E-state index is 0.201. The molecule has 0 aromatic heterocycles. The van der Waals surface area contributed by atoms with Gasteiger partial charge in [-0.25, -0.2) is 4.99 Å². The number of thioether (sulfide) groups is 2. The Hall–Kier alpha value is -0.920. The summed E-state index contributed by atoms with van der Waals surface area (Å²) in [6.07, 6.45) is 7.50. The first-order chi connectivity index (χ1) is 10.2. The van der Waals surface area contributed by atoms with Crippen LogP contribution in [0.5, 0.6) is 0 Å². The largest absolute Gasteiger partial charge is 0.235 e. The molecule has 1 aromatic rings. The topological polar surface area (TPSA) is 36.1 Å². The van der Waals surface area contributed by atoms with E-state index in [4.69, 9.17) is 10.3 Å². The molecule has 1 aliphatic carbocycles. The lowest BCUT2D eigenvalue weighted by Gasteiger charge is -2.33. The quantitative estimate of drug-likeness (QED) is 0.533. The molecule has 1 saturated carbocycles. The van der Waals surface area contributed by atoms with Gasteiger partial charge in [-0.2, -0.15) is 5.26 Å². The van der Waals surface area contributed by atoms with Crippen molar-refractivity contribution in [3.05, 3.63) is 30.3 Å². The van der Waals surface area contributed by atoms with E-state index in [0.29, 0.717) is 12.3 Å². The normalized spacial score (nSPS) is 25.8. The fraction of sp³-hybridized carbons (Fsp3) is 0.529. The van der Waals surface area contributed by atoms with Gasteiger partial charge in [0.25, 0.3) is 0 Å². The van der Waals surface area contributed by atoms with Crippen molar-refractivity contribution in [3.8, 4) is 6.07 Å². The molecule has 0 bridgehead atoms. The minimum Gasteiger partial charge on any atom is -0.235 e. The number of rotatable bonds is 4. The summed E-state index contributed by atoms with van der Waals surface area (Å²) in [6.45, 7) is 2.25. The van der Waals surface area contributed by atoms with Crippen molar-refractivity contribution >= 4 is 33.6 Å². The van der Waals surface area contributed by atoms with Crippen molar-refractivity contribution < 1.29 is 0 Å². The second-order valence-corrected chi connectivity index (χ2v) is 7.85. The van der Waals surface area contributed by atoms with Crippen LogP contribution in [0.4, 0.5) is 5.69 Å². The number of aliphatic imine (C=N–C) groups is 1. The van der Waals surface area contributed by atoms with E-state index in [1.807, 2.05) is 42.1 Å².